The quantitative estimate of drug-likeness (QED) is 0.412. The van der Waals surface area contributed by atoms with E-state index in [9.17, 15) is 9.65 Å². The van der Waals surface area contributed by atoms with Gasteiger partial charge in [-0.25, -0.2) is 4.39 Å². The highest BCUT2D eigenvalue weighted by atomic mass is 32.2. The van der Waals surface area contributed by atoms with E-state index < -0.39 is 0 Å². The third-order valence-electron chi connectivity index (χ3n) is 3.14. The van der Waals surface area contributed by atoms with Gasteiger partial charge in [-0.05, 0) is 42.1 Å². The molecule has 0 saturated carbocycles. The van der Waals surface area contributed by atoms with Crippen LogP contribution in [-0.2, 0) is 0 Å². The number of H-pyrrole nitrogens is 1. The summed E-state index contributed by atoms with van der Waals surface area (Å²) in [4.78, 5) is 0. The number of aromatic nitrogens is 3. The fourth-order valence-corrected chi connectivity index (χ4v) is 3.41. The smallest absolute Gasteiger partial charge is 0.148 e. The molecule has 120 valence electrons. The first kappa shape index (κ1) is 16.2. The minimum atomic E-state index is -0.297. The number of hydrogen-bond acceptors (Lipinski definition) is 7. The highest BCUT2D eigenvalue weighted by Gasteiger charge is 2.12. The number of nitrogens with zero attached hydrogens (tertiary/aromatic N) is 4. The van der Waals surface area contributed by atoms with Crippen LogP contribution in [-0.4, -0.2) is 27.0 Å². The van der Waals surface area contributed by atoms with E-state index in [1.165, 1.54) is 35.4 Å². The molecule has 3 rings (SSSR count). The lowest BCUT2D eigenvalue weighted by molar-refractivity contribution is 0.628. The first-order valence-electron chi connectivity index (χ1n) is 6.75. The molecule has 2 aromatic heterocycles. The van der Waals surface area contributed by atoms with Crippen LogP contribution in [0.2, 0.25) is 0 Å². The summed E-state index contributed by atoms with van der Waals surface area (Å²) < 4.78 is 17.2. The van der Waals surface area contributed by atoms with Gasteiger partial charge in [0.2, 0.25) is 0 Å². The molecule has 0 unspecified atom stereocenters. The number of halogens is 1. The number of rotatable bonds is 5. The molecule has 0 fully saturated rings. The highest BCUT2D eigenvalue weighted by Crippen LogP contribution is 2.29. The van der Waals surface area contributed by atoms with E-state index >= 15 is 0 Å². The van der Waals surface area contributed by atoms with Crippen molar-refractivity contribution in [2.75, 3.05) is 11.7 Å². The third-order valence-corrected chi connectivity index (χ3v) is 4.69. The lowest BCUT2D eigenvalue weighted by Crippen LogP contribution is -1.91. The van der Waals surface area contributed by atoms with Crippen LogP contribution >= 0.6 is 23.3 Å². The Morgan fingerprint density at radius 1 is 1.42 bits per heavy atom. The minimum absolute atomic E-state index is 0.297. The van der Waals surface area contributed by atoms with Crippen molar-refractivity contribution in [3.8, 4) is 17.3 Å². The average Bonchev–Trinajstić information content (AvgIpc) is 3.22. The summed E-state index contributed by atoms with van der Waals surface area (Å²) in [5, 5.41) is 21.5. The lowest BCUT2D eigenvalue weighted by Gasteiger charge is -2.00. The van der Waals surface area contributed by atoms with Gasteiger partial charge in [0.05, 0.1) is 18.1 Å². The largest absolute Gasteiger partial charge is 0.277 e. The van der Waals surface area contributed by atoms with Crippen LogP contribution in [0.4, 0.5) is 9.39 Å². The molecule has 0 atom stereocenters. The fraction of sp³-hybridized carbons (Fsp3) is 0.0667. The molecular formula is C15H11FN6S2. The number of nitrogens with one attached hydrogen (secondary N) is 2. The first-order valence-corrected chi connectivity index (χ1v) is 8.75. The van der Waals surface area contributed by atoms with Crippen molar-refractivity contribution >= 4 is 34.5 Å². The number of hydrazone groups is 1. The number of aromatic amines is 1. The Hall–Kier alpha value is -2.70. The van der Waals surface area contributed by atoms with Crippen molar-refractivity contribution in [2.24, 2.45) is 5.10 Å². The van der Waals surface area contributed by atoms with Gasteiger partial charge in [-0.2, -0.15) is 19.8 Å². The van der Waals surface area contributed by atoms with Crippen LogP contribution in [0.3, 0.4) is 0 Å². The molecule has 0 saturated heterocycles. The zero-order valence-corrected chi connectivity index (χ0v) is 14.1. The van der Waals surface area contributed by atoms with Gasteiger partial charge in [-0.15, -0.1) is 11.8 Å². The number of nitriles is 1. The Kier molecular flexibility index (Phi) is 4.88. The average molecular weight is 358 g/mol. The topological polar surface area (TPSA) is 89.8 Å². The van der Waals surface area contributed by atoms with Crippen molar-refractivity contribution in [1.29, 1.82) is 5.26 Å². The van der Waals surface area contributed by atoms with Crippen LogP contribution in [0, 0.1) is 17.1 Å². The molecule has 0 amide bonds. The lowest BCUT2D eigenvalue weighted by atomic mass is 10.1. The number of hydrogen-bond donors (Lipinski definition) is 2. The molecular weight excluding hydrogens is 347 g/mol. The minimum Gasteiger partial charge on any atom is -0.277 e. The highest BCUT2D eigenvalue weighted by molar-refractivity contribution is 7.98. The fourth-order valence-electron chi connectivity index (χ4n) is 1.99. The van der Waals surface area contributed by atoms with Gasteiger partial charge in [0.15, 0.2) is 0 Å². The Morgan fingerprint density at radius 3 is 2.92 bits per heavy atom. The van der Waals surface area contributed by atoms with E-state index in [-0.39, 0.29) is 5.82 Å². The molecule has 1 aromatic carbocycles. The van der Waals surface area contributed by atoms with E-state index in [1.807, 2.05) is 6.26 Å². The van der Waals surface area contributed by atoms with E-state index in [0.29, 0.717) is 15.6 Å². The monoisotopic (exact) mass is 358 g/mol. The van der Waals surface area contributed by atoms with Gasteiger partial charge in [0, 0.05) is 11.1 Å². The third kappa shape index (κ3) is 3.29. The van der Waals surface area contributed by atoms with Crippen LogP contribution < -0.4 is 5.43 Å². The molecule has 0 bridgehead atoms. The van der Waals surface area contributed by atoms with Crippen LogP contribution in [0.1, 0.15) is 11.1 Å². The molecule has 6 nitrogen and oxygen atoms in total. The Balaban J connectivity index is 1.79. The van der Waals surface area contributed by atoms with Gasteiger partial charge in [0.25, 0.3) is 0 Å². The van der Waals surface area contributed by atoms with Crippen molar-refractivity contribution < 1.29 is 4.39 Å². The first-order chi connectivity index (χ1) is 11.7. The summed E-state index contributed by atoms with van der Waals surface area (Å²) >= 11 is 2.59. The Morgan fingerprint density at radius 2 is 2.21 bits per heavy atom. The van der Waals surface area contributed by atoms with Crippen LogP contribution in [0.5, 0.6) is 0 Å². The second-order valence-electron chi connectivity index (χ2n) is 4.59. The molecule has 2 N–H and O–H groups in total. The molecule has 0 aliphatic rings. The summed E-state index contributed by atoms with van der Waals surface area (Å²) in [7, 11) is 0. The zero-order chi connectivity index (χ0) is 16.9. The van der Waals surface area contributed by atoms with Crippen molar-refractivity contribution in [3.63, 3.8) is 0 Å². The molecule has 9 heteroatoms. The van der Waals surface area contributed by atoms with E-state index in [1.54, 1.807) is 24.5 Å². The Bertz CT molecular complexity index is 907. The van der Waals surface area contributed by atoms with Gasteiger partial charge in [0.1, 0.15) is 27.5 Å². The van der Waals surface area contributed by atoms with Gasteiger partial charge >= 0.3 is 0 Å². The standard InChI is InChI=1S/C15H11FN6S2/c1-23-15-12(6-17)14(24-22-15)21-19-8-10-7-18-20-13(10)9-2-4-11(16)5-3-9/h2-5,7-8,21H,1H3,(H,18,20)/b19-8+. The second kappa shape index (κ2) is 7.25. The maximum Gasteiger partial charge on any atom is 0.148 e. The summed E-state index contributed by atoms with van der Waals surface area (Å²) in [6, 6.07) is 8.21. The summed E-state index contributed by atoms with van der Waals surface area (Å²) in [5.41, 5.74) is 5.59. The van der Waals surface area contributed by atoms with E-state index in [4.69, 9.17) is 0 Å². The summed E-state index contributed by atoms with van der Waals surface area (Å²) in [6.45, 7) is 0. The van der Waals surface area contributed by atoms with Crippen molar-refractivity contribution in [1.82, 2.24) is 14.6 Å². The van der Waals surface area contributed by atoms with Gasteiger partial charge in [-0.3, -0.25) is 10.5 Å². The molecule has 24 heavy (non-hydrogen) atoms. The molecule has 0 aliphatic heterocycles. The summed E-state index contributed by atoms with van der Waals surface area (Å²) in [5.74, 6) is -0.297. The number of anilines is 1. The van der Waals surface area contributed by atoms with Gasteiger partial charge < -0.3 is 0 Å². The normalized spacial score (nSPS) is 10.9. The number of thioether (sulfide) groups is 1. The van der Waals surface area contributed by atoms with Gasteiger partial charge in [-0.1, -0.05) is 0 Å². The molecule has 0 radical (unpaired) electrons. The zero-order valence-electron chi connectivity index (χ0n) is 12.4. The Labute approximate surface area is 145 Å². The summed E-state index contributed by atoms with van der Waals surface area (Å²) in [6.07, 6.45) is 5.07. The molecule has 3 aromatic rings. The maximum absolute atomic E-state index is 13.0. The van der Waals surface area contributed by atoms with E-state index in [2.05, 4.69) is 31.2 Å². The van der Waals surface area contributed by atoms with Crippen LogP contribution in [0.25, 0.3) is 11.3 Å². The predicted molar refractivity (Wildman–Crippen MR) is 93.8 cm³/mol. The molecule has 0 aliphatic carbocycles. The van der Waals surface area contributed by atoms with Crippen LogP contribution in [0.15, 0.2) is 40.6 Å². The van der Waals surface area contributed by atoms with Crippen molar-refractivity contribution in [2.45, 2.75) is 5.03 Å². The molecule has 0 spiro atoms. The van der Waals surface area contributed by atoms with E-state index in [0.717, 1.165) is 16.8 Å². The number of benzene rings is 1. The SMILES string of the molecule is CSc1nsc(N/N=C/c2cn[nH]c2-c2ccc(F)cc2)c1C#N. The predicted octanol–water partition coefficient (Wildman–Crippen LogP) is 3.71. The maximum atomic E-state index is 13.0. The second-order valence-corrected chi connectivity index (χ2v) is 6.15. The molecule has 2 heterocycles. The van der Waals surface area contributed by atoms with Crippen molar-refractivity contribution in [3.05, 3.63) is 47.4 Å².